The molecular weight excluding hydrogens is 559 g/mol. The lowest BCUT2D eigenvalue weighted by Gasteiger charge is -2.42. The number of benzene rings is 3. The number of halogens is 3. The molecule has 12 heteroatoms. The molecule has 0 aliphatic carbocycles. The van der Waals surface area contributed by atoms with Crippen molar-refractivity contribution in [1.82, 2.24) is 14.2 Å². The number of piperidine rings is 1. The molecule has 4 aromatic rings. The van der Waals surface area contributed by atoms with Gasteiger partial charge in [-0.05, 0) is 57.2 Å². The molecule has 2 heterocycles. The number of hydrogen-bond acceptors (Lipinski definition) is 6. The highest BCUT2D eigenvalue weighted by Gasteiger charge is 2.43. The number of aromatic nitrogens is 1. The minimum atomic E-state index is -4.85. The molecule has 3 aromatic carbocycles. The second-order valence-corrected chi connectivity index (χ2v) is 12.1. The summed E-state index contributed by atoms with van der Waals surface area (Å²) >= 11 is -1.93. The third-order valence-electron chi connectivity index (χ3n) is 6.76. The first kappa shape index (κ1) is 29.1. The van der Waals surface area contributed by atoms with Crippen molar-refractivity contribution in [2.24, 2.45) is 0 Å². The van der Waals surface area contributed by atoms with E-state index in [1.807, 2.05) is 53.1 Å². The van der Waals surface area contributed by atoms with Crippen LogP contribution in [0.25, 0.3) is 21.8 Å². The molecule has 2 N–H and O–H groups in total. The van der Waals surface area contributed by atoms with Gasteiger partial charge >= 0.3 is 12.5 Å². The zero-order valence-electron chi connectivity index (χ0n) is 22.6. The number of likely N-dealkylation sites (tertiary alicyclic amines) is 1. The lowest BCUT2D eigenvalue weighted by molar-refractivity contribution is -0.274. The van der Waals surface area contributed by atoms with Crippen LogP contribution in [0.4, 0.5) is 18.0 Å². The fourth-order valence-electron chi connectivity index (χ4n) is 5.12. The zero-order chi connectivity index (χ0) is 29.5. The molecule has 0 radical (unpaired) electrons. The highest BCUT2D eigenvalue weighted by Crippen LogP contribution is 2.36. The SMILES string of the molecule is CC(C)(C)OC(=O)N1CC(N[S+]([O-])c2ccc(OC(F)(F)F)cc2)C(O)C(n2c3ccccc3c3ccccc32)C1. The quantitative estimate of drug-likeness (QED) is 0.297. The van der Waals surface area contributed by atoms with E-state index in [-0.39, 0.29) is 18.0 Å². The predicted octanol–water partition coefficient (Wildman–Crippen LogP) is 5.53. The van der Waals surface area contributed by atoms with Crippen LogP contribution in [0.15, 0.2) is 77.7 Å². The first-order chi connectivity index (χ1) is 19.3. The lowest BCUT2D eigenvalue weighted by Crippen LogP contribution is -2.60. The highest BCUT2D eigenvalue weighted by molar-refractivity contribution is 7.89. The number of nitrogens with zero attached hydrogens (tertiary/aromatic N) is 2. The van der Waals surface area contributed by atoms with E-state index in [2.05, 4.69) is 9.46 Å². The van der Waals surface area contributed by atoms with Gasteiger partial charge in [0.15, 0.2) is 4.90 Å². The van der Waals surface area contributed by atoms with Gasteiger partial charge in [-0.25, -0.2) is 4.79 Å². The summed E-state index contributed by atoms with van der Waals surface area (Å²) in [6.45, 7) is 5.39. The van der Waals surface area contributed by atoms with Gasteiger partial charge in [0.2, 0.25) is 0 Å². The number of aliphatic hydroxyl groups excluding tert-OH is 1. The summed E-state index contributed by atoms with van der Waals surface area (Å²) in [7, 11) is 0. The molecule has 5 rings (SSSR count). The molecule has 1 aliphatic rings. The normalized spacial score (nSPS) is 20.8. The van der Waals surface area contributed by atoms with Crippen LogP contribution in [0.2, 0.25) is 0 Å². The maximum Gasteiger partial charge on any atom is 0.573 e. The number of carbonyl (C=O) groups excluding carboxylic acids is 1. The van der Waals surface area contributed by atoms with Crippen molar-refractivity contribution in [2.45, 2.75) is 55.8 Å². The minimum absolute atomic E-state index is 0.00920. The first-order valence-corrected chi connectivity index (χ1v) is 14.1. The van der Waals surface area contributed by atoms with Gasteiger partial charge < -0.3 is 28.6 Å². The number of nitrogens with one attached hydrogen (secondary N) is 1. The Bertz CT molecular complexity index is 1480. The van der Waals surface area contributed by atoms with Crippen LogP contribution >= 0.6 is 0 Å². The van der Waals surface area contributed by atoms with Gasteiger partial charge in [-0.1, -0.05) is 36.4 Å². The van der Waals surface area contributed by atoms with Crippen LogP contribution in [0.1, 0.15) is 26.8 Å². The Morgan fingerprint density at radius 3 is 2.05 bits per heavy atom. The summed E-state index contributed by atoms with van der Waals surface area (Å²) in [6.07, 6.45) is -6.52. The molecule has 1 fully saturated rings. The Morgan fingerprint density at radius 2 is 1.51 bits per heavy atom. The van der Waals surface area contributed by atoms with Crippen molar-refractivity contribution in [3.8, 4) is 5.75 Å². The van der Waals surface area contributed by atoms with Crippen LogP contribution < -0.4 is 9.46 Å². The number of aliphatic hydroxyl groups is 1. The van der Waals surface area contributed by atoms with Gasteiger partial charge in [-0.3, -0.25) is 0 Å². The van der Waals surface area contributed by atoms with Crippen molar-refractivity contribution >= 4 is 39.3 Å². The number of hydrogen-bond donors (Lipinski definition) is 2. The van der Waals surface area contributed by atoms with E-state index in [0.29, 0.717) is 0 Å². The van der Waals surface area contributed by atoms with E-state index in [4.69, 9.17) is 4.74 Å². The molecule has 41 heavy (non-hydrogen) atoms. The van der Waals surface area contributed by atoms with E-state index in [9.17, 15) is 27.6 Å². The molecule has 1 amide bonds. The van der Waals surface area contributed by atoms with Crippen molar-refractivity contribution < 1.29 is 37.1 Å². The maximum absolute atomic E-state index is 13.3. The van der Waals surface area contributed by atoms with Crippen LogP contribution in [-0.4, -0.2) is 62.4 Å². The van der Waals surface area contributed by atoms with Gasteiger partial charge in [0.1, 0.15) is 11.4 Å². The van der Waals surface area contributed by atoms with E-state index in [1.165, 1.54) is 17.0 Å². The number of para-hydroxylation sites is 2. The number of rotatable bonds is 5. The van der Waals surface area contributed by atoms with Gasteiger partial charge in [0.05, 0.1) is 29.5 Å². The van der Waals surface area contributed by atoms with E-state index in [1.54, 1.807) is 20.8 Å². The van der Waals surface area contributed by atoms with Crippen LogP contribution in [0.3, 0.4) is 0 Å². The number of ether oxygens (including phenoxy) is 2. The zero-order valence-corrected chi connectivity index (χ0v) is 23.4. The fraction of sp³-hybridized carbons (Fsp3) is 0.345. The van der Waals surface area contributed by atoms with E-state index < -0.39 is 53.4 Å². The molecule has 0 bridgehead atoms. The van der Waals surface area contributed by atoms with Gasteiger partial charge in [0.25, 0.3) is 0 Å². The average Bonchev–Trinajstić information content (AvgIpc) is 3.22. The smallest absolute Gasteiger partial charge is 0.573 e. The lowest BCUT2D eigenvalue weighted by atomic mass is 9.97. The molecule has 1 aliphatic heterocycles. The van der Waals surface area contributed by atoms with Crippen molar-refractivity contribution in [1.29, 1.82) is 0 Å². The summed E-state index contributed by atoms with van der Waals surface area (Å²) in [6, 6.07) is 18.6. The molecule has 1 saturated heterocycles. The summed E-state index contributed by atoms with van der Waals surface area (Å²) < 4.78 is 65.3. The van der Waals surface area contributed by atoms with Gasteiger partial charge in [-0.2, -0.15) is 0 Å². The Morgan fingerprint density at radius 1 is 0.951 bits per heavy atom. The second kappa shape index (κ2) is 11.1. The van der Waals surface area contributed by atoms with Crippen LogP contribution in [-0.2, 0) is 16.1 Å². The molecule has 1 aromatic heterocycles. The topological polar surface area (TPSA) is 99.0 Å². The summed E-state index contributed by atoms with van der Waals surface area (Å²) in [4.78, 5) is 14.9. The number of alkyl halides is 3. The summed E-state index contributed by atoms with van der Waals surface area (Å²) in [5.74, 6) is -0.446. The Labute approximate surface area is 237 Å². The third-order valence-corrected chi connectivity index (χ3v) is 7.98. The molecule has 4 unspecified atom stereocenters. The molecule has 8 nitrogen and oxygen atoms in total. The molecule has 0 saturated carbocycles. The van der Waals surface area contributed by atoms with Crippen molar-refractivity contribution in [3.63, 3.8) is 0 Å². The Kier molecular flexibility index (Phi) is 7.86. The highest BCUT2D eigenvalue weighted by atomic mass is 32.2. The molecule has 4 atom stereocenters. The van der Waals surface area contributed by atoms with Crippen molar-refractivity contribution in [3.05, 3.63) is 72.8 Å². The van der Waals surface area contributed by atoms with E-state index >= 15 is 0 Å². The summed E-state index contributed by atoms with van der Waals surface area (Å²) in [5.41, 5.74) is 0.967. The number of fused-ring (bicyclic) bond motifs is 3. The van der Waals surface area contributed by atoms with Crippen LogP contribution in [0, 0.1) is 0 Å². The number of carbonyl (C=O) groups is 1. The fourth-order valence-corrected chi connectivity index (χ4v) is 6.13. The first-order valence-electron chi connectivity index (χ1n) is 13.0. The van der Waals surface area contributed by atoms with Gasteiger partial charge in [-0.15, -0.1) is 17.9 Å². The maximum atomic E-state index is 13.3. The Balaban J connectivity index is 1.48. The molecule has 0 spiro atoms. The molecule has 218 valence electrons. The standard InChI is InChI=1S/C29H30F3N3O5S/c1-28(2,3)40-27(37)34-16-22(33-41(38)19-14-12-18(13-15-19)39-29(30,31)32)26(36)25(17-34)35-23-10-6-4-8-20(23)21-9-5-7-11-24(21)35/h4-15,22,25-26,33,36H,16-17H2,1-3H3. The minimum Gasteiger partial charge on any atom is -0.593 e. The molecular formula is C29H30F3N3O5S. The largest absolute Gasteiger partial charge is 0.593 e. The predicted molar refractivity (Wildman–Crippen MR) is 149 cm³/mol. The van der Waals surface area contributed by atoms with Crippen molar-refractivity contribution in [2.75, 3.05) is 13.1 Å². The third kappa shape index (κ3) is 6.40. The second-order valence-electron chi connectivity index (χ2n) is 10.9. The summed E-state index contributed by atoms with van der Waals surface area (Å²) in [5, 5.41) is 13.6. The Hall–Kier alpha value is -3.45. The van der Waals surface area contributed by atoms with E-state index in [0.717, 1.165) is 33.9 Å². The monoisotopic (exact) mass is 589 g/mol. The van der Waals surface area contributed by atoms with Gasteiger partial charge in [0, 0.05) is 34.9 Å². The average molecular weight is 590 g/mol. The number of amides is 1. The van der Waals surface area contributed by atoms with Crippen LogP contribution in [0.5, 0.6) is 5.75 Å².